The number of carbonyl (C=O) groups is 1. The van der Waals surface area contributed by atoms with Crippen LogP contribution >= 0.6 is 0 Å². The van der Waals surface area contributed by atoms with Gasteiger partial charge in [-0.15, -0.1) is 5.10 Å². The maximum absolute atomic E-state index is 11.3. The van der Waals surface area contributed by atoms with Crippen molar-refractivity contribution in [1.29, 1.82) is 0 Å². The molecule has 0 saturated heterocycles. The molecule has 6 heteroatoms. The summed E-state index contributed by atoms with van der Waals surface area (Å²) in [6.45, 7) is 2.21. The minimum Gasteiger partial charge on any atom is -0.508 e. The van der Waals surface area contributed by atoms with Gasteiger partial charge in [0.25, 0.3) is 0 Å². The fourth-order valence-corrected chi connectivity index (χ4v) is 1.80. The zero-order chi connectivity index (χ0) is 14.4. The minimum absolute atomic E-state index is 0.0834. The van der Waals surface area contributed by atoms with Crippen molar-refractivity contribution >= 4 is 5.97 Å². The van der Waals surface area contributed by atoms with E-state index in [1.807, 2.05) is 12.1 Å². The second-order valence-electron chi connectivity index (χ2n) is 4.38. The van der Waals surface area contributed by atoms with Gasteiger partial charge in [0.15, 0.2) is 0 Å². The maximum atomic E-state index is 11.3. The zero-order valence-electron chi connectivity index (χ0n) is 11.3. The van der Waals surface area contributed by atoms with Crippen LogP contribution in [0.1, 0.15) is 18.2 Å². The van der Waals surface area contributed by atoms with Gasteiger partial charge < -0.3 is 9.84 Å². The monoisotopic (exact) mass is 275 g/mol. The van der Waals surface area contributed by atoms with Crippen LogP contribution in [0.4, 0.5) is 0 Å². The topological polar surface area (TPSA) is 77.2 Å². The number of hydrogen-bond donors (Lipinski definition) is 1. The molecule has 1 heterocycles. The number of hydrogen-bond acceptors (Lipinski definition) is 5. The number of esters is 1. The lowest BCUT2D eigenvalue weighted by molar-refractivity contribution is -0.144. The molecule has 0 spiro atoms. The normalized spacial score (nSPS) is 10.4. The molecular weight excluding hydrogens is 258 g/mol. The maximum Gasteiger partial charge on any atom is 0.327 e. The molecular formula is C14H17N3O3. The number of carbonyl (C=O) groups excluding carboxylic acids is 1. The number of ether oxygens (including phenoxy) is 1. The molecule has 0 fully saturated rings. The molecule has 0 bridgehead atoms. The van der Waals surface area contributed by atoms with Gasteiger partial charge >= 0.3 is 5.97 Å². The van der Waals surface area contributed by atoms with E-state index in [9.17, 15) is 9.90 Å². The van der Waals surface area contributed by atoms with Gasteiger partial charge in [-0.05, 0) is 37.5 Å². The van der Waals surface area contributed by atoms with Crippen molar-refractivity contribution in [3.63, 3.8) is 0 Å². The van der Waals surface area contributed by atoms with Crippen molar-refractivity contribution in [3.05, 3.63) is 41.7 Å². The highest BCUT2D eigenvalue weighted by Crippen LogP contribution is 2.11. The number of aromatic nitrogens is 3. The van der Waals surface area contributed by atoms with E-state index in [0.717, 1.165) is 24.1 Å². The van der Waals surface area contributed by atoms with Crippen molar-refractivity contribution in [2.24, 2.45) is 0 Å². The van der Waals surface area contributed by atoms with E-state index in [4.69, 9.17) is 4.74 Å². The highest BCUT2D eigenvalue weighted by Gasteiger charge is 2.06. The molecule has 0 aliphatic heterocycles. The van der Waals surface area contributed by atoms with E-state index in [-0.39, 0.29) is 18.3 Å². The number of phenols is 1. The van der Waals surface area contributed by atoms with Crippen LogP contribution in [0, 0.1) is 0 Å². The summed E-state index contributed by atoms with van der Waals surface area (Å²) in [6.07, 6.45) is 3.28. The largest absolute Gasteiger partial charge is 0.508 e. The fourth-order valence-electron chi connectivity index (χ4n) is 1.80. The van der Waals surface area contributed by atoms with E-state index in [1.165, 1.54) is 4.68 Å². The Balaban J connectivity index is 1.86. The predicted molar refractivity (Wildman–Crippen MR) is 72.2 cm³/mol. The molecule has 2 rings (SSSR count). The Bertz CT molecular complexity index is 563. The van der Waals surface area contributed by atoms with Crippen LogP contribution in [-0.2, 0) is 28.9 Å². The van der Waals surface area contributed by atoms with E-state index in [0.29, 0.717) is 6.61 Å². The van der Waals surface area contributed by atoms with E-state index < -0.39 is 0 Å². The Morgan fingerprint density at radius 3 is 2.75 bits per heavy atom. The molecule has 106 valence electrons. The fraction of sp³-hybridized carbons (Fsp3) is 0.357. The van der Waals surface area contributed by atoms with Crippen LogP contribution in [0.3, 0.4) is 0 Å². The molecule has 1 aromatic carbocycles. The lowest BCUT2D eigenvalue weighted by Crippen LogP contribution is -2.13. The summed E-state index contributed by atoms with van der Waals surface area (Å²) >= 11 is 0. The second-order valence-corrected chi connectivity index (χ2v) is 4.38. The summed E-state index contributed by atoms with van der Waals surface area (Å²) in [6, 6.07) is 7.07. The summed E-state index contributed by atoms with van der Waals surface area (Å²) < 4.78 is 6.32. The highest BCUT2D eigenvalue weighted by atomic mass is 16.5. The molecule has 0 amide bonds. The van der Waals surface area contributed by atoms with Crippen LogP contribution in [0.25, 0.3) is 0 Å². The van der Waals surface area contributed by atoms with Crippen LogP contribution in [-0.4, -0.2) is 32.7 Å². The quantitative estimate of drug-likeness (QED) is 0.805. The van der Waals surface area contributed by atoms with Crippen LogP contribution < -0.4 is 0 Å². The van der Waals surface area contributed by atoms with E-state index in [2.05, 4.69) is 10.3 Å². The highest BCUT2D eigenvalue weighted by molar-refractivity contribution is 5.68. The number of rotatable bonds is 6. The average Bonchev–Trinajstić information content (AvgIpc) is 2.86. The minimum atomic E-state index is -0.317. The van der Waals surface area contributed by atoms with Gasteiger partial charge in [-0.25, -0.2) is 4.68 Å². The van der Waals surface area contributed by atoms with Crippen molar-refractivity contribution < 1.29 is 14.6 Å². The molecule has 0 aliphatic carbocycles. The lowest BCUT2D eigenvalue weighted by Gasteiger charge is -2.00. The first-order valence-corrected chi connectivity index (χ1v) is 6.50. The summed E-state index contributed by atoms with van der Waals surface area (Å²) in [7, 11) is 0. The Morgan fingerprint density at radius 2 is 2.05 bits per heavy atom. The van der Waals surface area contributed by atoms with Crippen molar-refractivity contribution in [2.75, 3.05) is 6.61 Å². The third-order valence-corrected chi connectivity index (χ3v) is 2.79. The van der Waals surface area contributed by atoms with Gasteiger partial charge in [0.1, 0.15) is 12.3 Å². The van der Waals surface area contributed by atoms with E-state index >= 15 is 0 Å². The van der Waals surface area contributed by atoms with Gasteiger partial charge in [-0.2, -0.15) is 0 Å². The van der Waals surface area contributed by atoms with E-state index in [1.54, 1.807) is 25.3 Å². The Labute approximate surface area is 117 Å². The first kappa shape index (κ1) is 14.0. The molecule has 6 nitrogen and oxygen atoms in total. The number of phenolic OH excluding ortho intramolecular Hbond substituents is 1. The smallest absolute Gasteiger partial charge is 0.327 e. The molecule has 0 aliphatic rings. The SMILES string of the molecule is CCOC(=O)Cn1cc(CCc2ccc(O)cc2)nn1. The first-order valence-electron chi connectivity index (χ1n) is 6.50. The zero-order valence-corrected chi connectivity index (χ0v) is 11.3. The van der Waals surface area contributed by atoms with Crippen molar-refractivity contribution in [3.8, 4) is 5.75 Å². The second kappa shape index (κ2) is 6.70. The first-order chi connectivity index (χ1) is 9.67. The molecule has 0 radical (unpaired) electrons. The van der Waals surface area contributed by atoms with Gasteiger partial charge in [0.05, 0.1) is 12.3 Å². The van der Waals surface area contributed by atoms with Crippen LogP contribution in [0.5, 0.6) is 5.75 Å². The number of benzene rings is 1. The molecule has 0 unspecified atom stereocenters. The van der Waals surface area contributed by atoms with Gasteiger partial charge in [0.2, 0.25) is 0 Å². The third kappa shape index (κ3) is 4.08. The molecule has 1 aromatic heterocycles. The molecule has 0 saturated carbocycles. The van der Waals surface area contributed by atoms with Crippen molar-refractivity contribution in [1.82, 2.24) is 15.0 Å². The standard InChI is InChI=1S/C14H17N3O3/c1-2-20-14(19)10-17-9-12(15-16-17)6-3-11-4-7-13(18)8-5-11/h4-5,7-9,18H,2-3,6,10H2,1H3. The van der Waals surface area contributed by atoms with Crippen molar-refractivity contribution in [2.45, 2.75) is 26.3 Å². The van der Waals surface area contributed by atoms with Gasteiger partial charge in [-0.1, -0.05) is 17.3 Å². The number of nitrogens with zero attached hydrogens (tertiary/aromatic N) is 3. The third-order valence-electron chi connectivity index (χ3n) is 2.79. The Morgan fingerprint density at radius 1 is 1.30 bits per heavy atom. The number of aromatic hydroxyl groups is 1. The summed E-state index contributed by atoms with van der Waals surface area (Å²) in [5.74, 6) is -0.0587. The summed E-state index contributed by atoms with van der Waals surface area (Å²) in [5, 5.41) is 17.1. The Kier molecular flexibility index (Phi) is 4.70. The van der Waals surface area contributed by atoms with Gasteiger partial charge in [-0.3, -0.25) is 4.79 Å². The van der Waals surface area contributed by atoms with Gasteiger partial charge in [0, 0.05) is 6.20 Å². The van der Waals surface area contributed by atoms with Crippen LogP contribution in [0.2, 0.25) is 0 Å². The number of aryl methyl sites for hydroxylation is 2. The average molecular weight is 275 g/mol. The molecule has 20 heavy (non-hydrogen) atoms. The molecule has 0 atom stereocenters. The van der Waals surface area contributed by atoms with Crippen LogP contribution in [0.15, 0.2) is 30.5 Å². The summed E-state index contributed by atoms with van der Waals surface area (Å²) in [4.78, 5) is 11.3. The molecule has 1 N–H and O–H groups in total. The lowest BCUT2D eigenvalue weighted by atomic mass is 10.1. The predicted octanol–water partition coefficient (Wildman–Crippen LogP) is 1.33. The molecule has 2 aromatic rings. The summed E-state index contributed by atoms with van der Waals surface area (Å²) in [5.41, 5.74) is 1.94. The Hall–Kier alpha value is -2.37.